The van der Waals surface area contributed by atoms with Crippen molar-refractivity contribution >= 4 is 6.29 Å². The van der Waals surface area contributed by atoms with Gasteiger partial charge >= 0.3 is 0 Å². The molecule has 0 aliphatic rings. The molecule has 0 saturated carbocycles. The number of unbranched alkanes of at least 4 members (excludes halogenated alkanes) is 2. The maximum Gasteiger partial charge on any atom is 0.126 e. The summed E-state index contributed by atoms with van der Waals surface area (Å²) in [7, 11) is 0. The van der Waals surface area contributed by atoms with Gasteiger partial charge in [-0.15, -0.1) is 0 Å². The van der Waals surface area contributed by atoms with Crippen molar-refractivity contribution in [3.8, 4) is 0 Å². The van der Waals surface area contributed by atoms with Gasteiger partial charge in [0.1, 0.15) is 17.9 Å². The Morgan fingerprint density at radius 1 is 1.07 bits per heavy atom. The van der Waals surface area contributed by atoms with Crippen molar-refractivity contribution in [2.24, 2.45) is 0 Å². The van der Waals surface area contributed by atoms with E-state index in [-0.39, 0.29) is 0 Å². The van der Waals surface area contributed by atoms with Crippen molar-refractivity contribution in [3.63, 3.8) is 0 Å². The standard InChI is InChI=1S/C11H12F2O/c12-10-6-9(7-11(13)8-10)4-2-1-3-5-14/h5-8H,1-4H2. The number of aldehydes is 1. The normalized spacial score (nSPS) is 10.1. The van der Waals surface area contributed by atoms with Crippen LogP contribution in [-0.4, -0.2) is 6.29 Å². The number of hydrogen-bond donors (Lipinski definition) is 0. The molecule has 0 aliphatic heterocycles. The number of carbonyl (C=O) groups is 1. The smallest absolute Gasteiger partial charge is 0.126 e. The maximum atomic E-state index is 12.7. The van der Waals surface area contributed by atoms with Crippen molar-refractivity contribution in [3.05, 3.63) is 35.4 Å². The minimum absolute atomic E-state index is 0.512. The van der Waals surface area contributed by atoms with Gasteiger partial charge in [0.05, 0.1) is 0 Å². The molecule has 1 nitrogen and oxygen atoms in total. The van der Waals surface area contributed by atoms with E-state index in [0.717, 1.165) is 25.2 Å². The fourth-order valence-corrected chi connectivity index (χ4v) is 1.31. The molecule has 0 N–H and O–H groups in total. The molecule has 0 radical (unpaired) electrons. The Labute approximate surface area is 81.7 Å². The lowest BCUT2D eigenvalue weighted by Crippen LogP contribution is -1.90. The van der Waals surface area contributed by atoms with E-state index in [1.807, 2.05) is 0 Å². The summed E-state index contributed by atoms with van der Waals surface area (Å²) in [6.07, 6.45) is 3.52. The lowest BCUT2D eigenvalue weighted by molar-refractivity contribution is -0.107. The van der Waals surface area contributed by atoms with Gasteiger partial charge in [0.15, 0.2) is 0 Å². The molecule has 1 rings (SSSR count). The van der Waals surface area contributed by atoms with Gasteiger partial charge in [-0.05, 0) is 37.0 Å². The number of rotatable bonds is 5. The molecule has 0 fully saturated rings. The zero-order chi connectivity index (χ0) is 10.4. The summed E-state index contributed by atoms with van der Waals surface area (Å²) in [5.41, 5.74) is 0.647. The molecule has 0 atom stereocenters. The van der Waals surface area contributed by atoms with E-state index >= 15 is 0 Å². The largest absolute Gasteiger partial charge is 0.303 e. The minimum atomic E-state index is -0.546. The second-order valence-corrected chi connectivity index (χ2v) is 3.19. The predicted octanol–water partition coefficient (Wildman–Crippen LogP) is 2.88. The molecule has 0 unspecified atom stereocenters. The first kappa shape index (κ1) is 10.8. The van der Waals surface area contributed by atoms with Gasteiger partial charge in [0.25, 0.3) is 0 Å². The molecule has 1 aromatic carbocycles. The van der Waals surface area contributed by atoms with Crippen molar-refractivity contribution in [1.82, 2.24) is 0 Å². The molecule has 0 heterocycles. The summed E-state index contributed by atoms with van der Waals surface area (Å²) in [5, 5.41) is 0. The van der Waals surface area contributed by atoms with Gasteiger partial charge in [-0.2, -0.15) is 0 Å². The molecule has 0 saturated heterocycles. The van der Waals surface area contributed by atoms with Crippen LogP contribution >= 0.6 is 0 Å². The summed E-state index contributed by atoms with van der Waals surface area (Å²) in [4.78, 5) is 10.0. The van der Waals surface area contributed by atoms with E-state index in [9.17, 15) is 13.6 Å². The van der Waals surface area contributed by atoms with Gasteiger partial charge in [0, 0.05) is 12.5 Å². The Kier molecular flexibility index (Phi) is 4.23. The van der Waals surface area contributed by atoms with Crippen LogP contribution in [0.15, 0.2) is 18.2 Å². The van der Waals surface area contributed by atoms with Crippen LogP contribution in [0.3, 0.4) is 0 Å². The van der Waals surface area contributed by atoms with Crippen molar-refractivity contribution in [1.29, 1.82) is 0 Å². The third-order valence-corrected chi connectivity index (χ3v) is 1.96. The average Bonchev–Trinajstić information content (AvgIpc) is 2.11. The number of hydrogen-bond acceptors (Lipinski definition) is 1. The first-order chi connectivity index (χ1) is 6.72. The predicted molar refractivity (Wildman–Crippen MR) is 50.0 cm³/mol. The lowest BCUT2D eigenvalue weighted by Gasteiger charge is -2.00. The second kappa shape index (κ2) is 5.47. The Balaban J connectivity index is 2.46. The Morgan fingerprint density at radius 2 is 1.71 bits per heavy atom. The molecule has 3 heteroatoms. The monoisotopic (exact) mass is 198 g/mol. The molecule has 1 aromatic rings. The first-order valence-corrected chi connectivity index (χ1v) is 4.61. The van der Waals surface area contributed by atoms with E-state index in [4.69, 9.17) is 0 Å². The summed E-state index contributed by atoms with van der Waals surface area (Å²) in [5.74, 6) is -1.09. The van der Waals surface area contributed by atoms with E-state index in [1.165, 1.54) is 12.1 Å². The number of benzene rings is 1. The molecule has 0 amide bonds. The fourth-order valence-electron chi connectivity index (χ4n) is 1.31. The zero-order valence-electron chi connectivity index (χ0n) is 7.80. The highest BCUT2D eigenvalue weighted by Gasteiger charge is 2.00. The van der Waals surface area contributed by atoms with E-state index in [0.29, 0.717) is 18.4 Å². The molecule has 0 bridgehead atoms. The topological polar surface area (TPSA) is 17.1 Å². The maximum absolute atomic E-state index is 12.7. The first-order valence-electron chi connectivity index (χ1n) is 4.61. The summed E-state index contributed by atoms with van der Waals surface area (Å²) in [6, 6.07) is 3.50. The van der Waals surface area contributed by atoms with E-state index < -0.39 is 11.6 Å². The molecule has 0 aliphatic carbocycles. The van der Waals surface area contributed by atoms with Crippen LogP contribution in [0.5, 0.6) is 0 Å². The lowest BCUT2D eigenvalue weighted by atomic mass is 10.1. The number of carbonyl (C=O) groups excluding carboxylic acids is 1. The summed E-state index contributed by atoms with van der Waals surface area (Å²) >= 11 is 0. The van der Waals surface area contributed by atoms with Crippen LogP contribution in [0.25, 0.3) is 0 Å². The Bertz CT molecular complexity index is 290. The van der Waals surface area contributed by atoms with Crippen LogP contribution in [0, 0.1) is 11.6 Å². The third-order valence-electron chi connectivity index (χ3n) is 1.96. The molecular weight excluding hydrogens is 186 g/mol. The zero-order valence-corrected chi connectivity index (χ0v) is 7.80. The number of aryl methyl sites for hydroxylation is 1. The molecule has 0 spiro atoms. The van der Waals surface area contributed by atoms with Crippen molar-refractivity contribution in [2.75, 3.05) is 0 Å². The molecule has 0 aromatic heterocycles. The summed E-state index contributed by atoms with van der Waals surface area (Å²) in [6.45, 7) is 0. The quantitative estimate of drug-likeness (QED) is 0.525. The Morgan fingerprint density at radius 3 is 2.29 bits per heavy atom. The fraction of sp³-hybridized carbons (Fsp3) is 0.364. The van der Waals surface area contributed by atoms with Crippen LogP contribution in [0.1, 0.15) is 24.8 Å². The van der Waals surface area contributed by atoms with Gasteiger partial charge in [-0.25, -0.2) is 8.78 Å². The molecular formula is C11H12F2O. The number of halogens is 2. The van der Waals surface area contributed by atoms with Crippen LogP contribution < -0.4 is 0 Å². The highest BCUT2D eigenvalue weighted by Crippen LogP contribution is 2.11. The summed E-state index contributed by atoms with van der Waals surface area (Å²) < 4.78 is 25.4. The van der Waals surface area contributed by atoms with Crippen molar-refractivity contribution in [2.45, 2.75) is 25.7 Å². The van der Waals surface area contributed by atoms with Crippen molar-refractivity contribution < 1.29 is 13.6 Å². The van der Waals surface area contributed by atoms with E-state index in [2.05, 4.69) is 0 Å². The van der Waals surface area contributed by atoms with Gasteiger partial charge in [0.2, 0.25) is 0 Å². The minimum Gasteiger partial charge on any atom is -0.303 e. The molecule has 76 valence electrons. The highest BCUT2D eigenvalue weighted by molar-refractivity contribution is 5.48. The van der Waals surface area contributed by atoms with Gasteiger partial charge in [-0.3, -0.25) is 0 Å². The second-order valence-electron chi connectivity index (χ2n) is 3.19. The van der Waals surface area contributed by atoms with Crippen LogP contribution in [-0.2, 0) is 11.2 Å². The third kappa shape index (κ3) is 3.64. The van der Waals surface area contributed by atoms with Gasteiger partial charge < -0.3 is 4.79 Å². The molecule has 14 heavy (non-hydrogen) atoms. The van der Waals surface area contributed by atoms with Crippen LogP contribution in [0.2, 0.25) is 0 Å². The average molecular weight is 198 g/mol. The highest BCUT2D eigenvalue weighted by atomic mass is 19.1. The van der Waals surface area contributed by atoms with Gasteiger partial charge in [-0.1, -0.05) is 0 Å². The van der Waals surface area contributed by atoms with E-state index in [1.54, 1.807) is 0 Å². The van der Waals surface area contributed by atoms with Crippen LogP contribution in [0.4, 0.5) is 8.78 Å². The SMILES string of the molecule is O=CCCCCc1cc(F)cc(F)c1. The Hall–Kier alpha value is -1.25.